The Kier molecular flexibility index (Phi) is 2.77. The Balaban J connectivity index is 2.61. The van der Waals surface area contributed by atoms with E-state index >= 15 is 0 Å². The lowest BCUT2D eigenvalue weighted by Crippen LogP contribution is -1.89. The van der Waals surface area contributed by atoms with Crippen LogP contribution < -0.4 is 5.73 Å². The van der Waals surface area contributed by atoms with E-state index in [0.29, 0.717) is 16.8 Å². The molecule has 2 aromatic carbocycles. The summed E-state index contributed by atoms with van der Waals surface area (Å²) in [7, 11) is 0. The van der Waals surface area contributed by atoms with Gasteiger partial charge in [-0.1, -0.05) is 18.2 Å². The summed E-state index contributed by atoms with van der Waals surface area (Å²) >= 11 is 0. The summed E-state index contributed by atoms with van der Waals surface area (Å²) in [5.41, 5.74) is 8.92. The van der Waals surface area contributed by atoms with Crippen molar-refractivity contribution in [2.45, 2.75) is 0 Å². The lowest BCUT2D eigenvalue weighted by molar-refractivity contribution is 1.46. The van der Waals surface area contributed by atoms with E-state index in [1.807, 2.05) is 6.07 Å². The second-order valence-corrected chi connectivity index (χ2v) is 3.61. The zero-order chi connectivity index (χ0) is 12.3. The third-order valence-electron chi connectivity index (χ3n) is 2.47. The quantitative estimate of drug-likeness (QED) is 0.749. The second kappa shape index (κ2) is 4.38. The first-order valence-electron chi connectivity index (χ1n) is 5.05. The third kappa shape index (κ3) is 2.09. The number of nitrogen functional groups attached to an aromatic ring is 1. The highest BCUT2D eigenvalue weighted by Crippen LogP contribution is 2.25. The molecule has 0 bridgehead atoms. The Labute approximate surface area is 99.3 Å². The summed E-state index contributed by atoms with van der Waals surface area (Å²) in [4.78, 5) is 0. The molecule has 0 aromatic heterocycles. The average molecular weight is 219 g/mol. The fraction of sp³-hybridized carbons (Fsp3) is 0. The average Bonchev–Trinajstić information content (AvgIpc) is 2.38. The number of rotatable bonds is 1. The van der Waals surface area contributed by atoms with Crippen LogP contribution in [0.4, 0.5) is 5.69 Å². The molecule has 0 atom stereocenters. The smallest absolute Gasteiger partial charge is 0.0998 e. The van der Waals surface area contributed by atoms with Gasteiger partial charge in [0.05, 0.1) is 23.3 Å². The number of nitrogens with two attached hydrogens (primary N) is 1. The van der Waals surface area contributed by atoms with Crippen LogP contribution >= 0.6 is 0 Å². The Hall–Kier alpha value is -2.78. The molecule has 0 fully saturated rings. The molecule has 0 amide bonds. The normalized spacial score (nSPS) is 9.29. The van der Waals surface area contributed by atoms with E-state index in [-0.39, 0.29) is 0 Å². The van der Waals surface area contributed by atoms with Gasteiger partial charge < -0.3 is 5.73 Å². The summed E-state index contributed by atoms with van der Waals surface area (Å²) in [6.07, 6.45) is 0. The van der Waals surface area contributed by atoms with Gasteiger partial charge in [-0.05, 0) is 35.4 Å². The Morgan fingerprint density at radius 2 is 1.76 bits per heavy atom. The van der Waals surface area contributed by atoms with Crippen LogP contribution in [0.25, 0.3) is 11.1 Å². The highest BCUT2D eigenvalue weighted by Gasteiger charge is 2.05. The summed E-state index contributed by atoms with van der Waals surface area (Å²) < 4.78 is 0. The molecular formula is C14H9N3. The molecule has 3 nitrogen and oxygen atoms in total. The molecule has 0 heterocycles. The fourth-order valence-electron chi connectivity index (χ4n) is 1.66. The summed E-state index contributed by atoms with van der Waals surface area (Å²) in [6, 6.07) is 16.5. The van der Waals surface area contributed by atoms with E-state index in [9.17, 15) is 0 Å². The first-order chi connectivity index (χ1) is 8.24. The monoisotopic (exact) mass is 219 g/mol. The van der Waals surface area contributed by atoms with Gasteiger partial charge in [0.2, 0.25) is 0 Å². The van der Waals surface area contributed by atoms with Crippen molar-refractivity contribution in [3.8, 4) is 23.3 Å². The minimum Gasteiger partial charge on any atom is -0.399 e. The van der Waals surface area contributed by atoms with Crippen LogP contribution in [0.1, 0.15) is 11.1 Å². The van der Waals surface area contributed by atoms with Gasteiger partial charge in [-0.15, -0.1) is 0 Å². The predicted octanol–water partition coefficient (Wildman–Crippen LogP) is 2.68. The van der Waals surface area contributed by atoms with Gasteiger partial charge in [0, 0.05) is 5.69 Å². The van der Waals surface area contributed by atoms with Crippen LogP contribution in [0.3, 0.4) is 0 Å². The van der Waals surface area contributed by atoms with Gasteiger partial charge in [-0.3, -0.25) is 0 Å². The van der Waals surface area contributed by atoms with Crippen LogP contribution in [-0.2, 0) is 0 Å². The van der Waals surface area contributed by atoms with E-state index in [2.05, 4.69) is 12.1 Å². The molecule has 0 spiro atoms. The summed E-state index contributed by atoms with van der Waals surface area (Å²) in [6.45, 7) is 0. The Morgan fingerprint density at radius 1 is 0.941 bits per heavy atom. The number of hydrogen-bond donors (Lipinski definition) is 1. The maximum Gasteiger partial charge on any atom is 0.0998 e. The van der Waals surface area contributed by atoms with Crippen LogP contribution in [-0.4, -0.2) is 0 Å². The second-order valence-electron chi connectivity index (χ2n) is 3.61. The van der Waals surface area contributed by atoms with Gasteiger partial charge >= 0.3 is 0 Å². The SMILES string of the molecule is N#Cc1cccc(-c2ccc(N)cc2C#N)c1. The predicted molar refractivity (Wildman–Crippen MR) is 65.7 cm³/mol. The van der Waals surface area contributed by atoms with Crippen LogP contribution in [0, 0.1) is 22.7 Å². The van der Waals surface area contributed by atoms with E-state index in [4.69, 9.17) is 16.3 Å². The molecule has 0 aliphatic heterocycles. The zero-order valence-corrected chi connectivity index (χ0v) is 9.01. The van der Waals surface area contributed by atoms with E-state index in [1.165, 1.54) is 0 Å². The van der Waals surface area contributed by atoms with E-state index in [0.717, 1.165) is 11.1 Å². The Bertz CT molecular complexity index is 645. The first-order valence-corrected chi connectivity index (χ1v) is 5.05. The van der Waals surface area contributed by atoms with Gasteiger partial charge in [0.1, 0.15) is 0 Å². The van der Waals surface area contributed by atoms with Crippen molar-refractivity contribution in [3.63, 3.8) is 0 Å². The molecule has 2 rings (SSSR count). The highest BCUT2D eigenvalue weighted by atomic mass is 14.5. The van der Waals surface area contributed by atoms with Crippen molar-refractivity contribution >= 4 is 5.69 Å². The molecule has 80 valence electrons. The largest absolute Gasteiger partial charge is 0.399 e. The van der Waals surface area contributed by atoms with Gasteiger partial charge in [-0.25, -0.2) is 0 Å². The maximum atomic E-state index is 9.06. The van der Waals surface area contributed by atoms with E-state index in [1.54, 1.807) is 36.4 Å². The summed E-state index contributed by atoms with van der Waals surface area (Å²) in [5, 5.41) is 17.9. The highest BCUT2D eigenvalue weighted by molar-refractivity contribution is 5.73. The molecule has 2 N–H and O–H groups in total. The van der Waals surface area contributed by atoms with Gasteiger partial charge in [-0.2, -0.15) is 10.5 Å². The topological polar surface area (TPSA) is 73.6 Å². The number of nitrogens with zero attached hydrogens (tertiary/aromatic N) is 2. The lowest BCUT2D eigenvalue weighted by Gasteiger charge is -2.05. The van der Waals surface area contributed by atoms with Gasteiger partial charge in [0.15, 0.2) is 0 Å². The van der Waals surface area contributed by atoms with Crippen molar-refractivity contribution < 1.29 is 0 Å². The van der Waals surface area contributed by atoms with Crippen molar-refractivity contribution in [1.82, 2.24) is 0 Å². The standard InChI is InChI=1S/C14H9N3/c15-8-10-2-1-3-11(6-10)14-5-4-13(17)7-12(14)9-16/h1-7H,17H2. The molecule has 0 aliphatic rings. The molecule has 3 heteroatoms. The molecule has 0 saturated carbocycles. The summed E-state index contributed by atoms with van der Waals surface area (Å²) in [5.74, 6) is 0. The van der Waals surface area contributed by atoms with Crippen LogP contribution in [0.15, 0.2) is 42.5 Å². The fourth-order valence-corrected chi connectivity index (χ4v) is 1.66. The van der Waals surface area contributed by atoms with Crippen molar-refractivity contribution in [2.75, 3.05) is 5.73 Å². The third-order valence-corrected chi connectivity index (χ3v) is 2.47. The van der Waals surface area contributed by atoms with Crippen LogP contribution in [0.2, 0.25) is 0 Å². The molecule has 0 aliphatic carbocycles. The molecule has 2 aromatic rings. The van der Waals surface area contributed by atoms with Gasteiger partial charge in [0.25, 0.3) is 0 Å². The number of benzene rings is 2. The van der Waals surface area contributed by atoms with Crippen LogP contribution in [0.5, 0.6) is 0 Å². The number of hydrogen-bond acceptors (Lipinski definition) is 3. The van der Waals surface area contributed by atoms with E-state index < -0.39 is 0 Å². The molecule has 0 saturated heterocycles. The lowest BCUT2D eigenvalue weighted by atomic mass is 9.98. The van der Waals surface area contributed by atoms with Crippen molar-refractivity contribution in [1.29, 1.82) is 10.5 Å². The molecule has 0 radical (unpaired) electrons. The minimum absolute atomic E-state index is 0.514. The molecular weight excluding hydrogens is 210 g/mol. The number of anilines is 1. The maximum absolute atomic E-state index is 9.06. The minimum atomic E-state index is 0.514. The number of nitriles is 2. The molecule has 0 unspecified atom stereocenters. The molecule has 17 heavy (non-hydrogen) atoms. The van der Waals surface area contributed by atoms with Crippen molar-refractivity contribution in [2.24, 2.45) is 0 Å². The Morgan fingerprint density at radius 3 is 2.47 bits per heavy atom. The first kappa shape index (κ1) is 10.7. The zero-order valence-electron chi connectivity index (χ0n) is 9.01. The van der Waals surface area contributed by atoms with Crippen molar-refractivity contribution in [3.05, 3.63) is 53.6 Å².